The van der Waals surface area contributed by atoms with Gasteiger partial charge >= 0.3 is 0 Å². The summed E-state index contributed by atoms with van der Waals surface area (Å²) in [5, 5.41) is 0. The van der Waals surface area contributed by atoms with E-state index >= 15 is 0 Å². The third-order valence-corrected chi connectivity index (χ3v) is 5.54. The molecule has 2 heterocycles. The van der Waals surface area contributed by atoms with Crippen LogP contribution in [0.5, 0.6) is 5.75 Å². The molecule has 1 saturated heterocycles. The molecule has 2 aliphatic rings. The summed E-state index contributed by atoms with van der Waals surface area (Å²) in [6, 6.07) is 10.7. The molecule has 1 aromatic carbocycles. The Morgan fingerprint density at radius 2 is 1.88 bits per heavy atom. The van der Waals surface area contributed by atoms with Crippen molar-refractivity contribution in [1.82, 2.24) is 9.88 Å². The van der Waals surface area contributed by atoms with Crippen LogP contribution in [-0.4, -0.2) is 35.6 Å². The highest BCUT2D eigenvalue weighted by molar-refractivity contribution is 5.29. The van der Waals surface area contributed by atoms with Crippen LogP contribution in [0.2, 0.25) is 0 Å². The average molecular weight is 340 g/mol. The van der Waals surface area contributed by atoms with Gasteiger partial charge in [0.1, 0.15) is 17.7 Å². The van der Waals surface area contributed by atoms with E-state index in [-0.39, 0.29) is 11.9 Å². The molecule has 25 heavy (non-hydrogen) atoms. The van der Waals surface area contributed by atoms with Gasteiger partial charge in [-0.3, -0.25) is 4.98 Å². The summed E-state index contributed by atoms with van der Waals surface area (Å²) in [5.41, 5.74) is 2.77. The van der Waals surface area contributed by atoms with E-state index in [9.17, 15) is 4.39 Å². The van der Waals surface area contributed by atoms with Gasteiger partial charge in [-0.1, -0.05) is 6.07 Å². The lowest BCUT2D eigenvalue weighted by atomic mass is 9.98. The number of piperidine rings is 1. The molecule has 3 nitrogen and oxygen atoms in total. The topological polar surface area (TPSA) is 25.4 Å². The molecule has 1 aliphatic heterocycles. The maximum Gasteiger partial charge on any atom is 0.123 e. The van der Waals surface area contributed by atoms with Crippen molar-refractivity contribution in [3.63, 3.8) is 0 Å². The van der Waals surface area contributed by atoms with E-state index in [1.165, 1.54) is 36.2 Å². The number of hydrogen-bond acceptors (Lipinski definition) is 3. The molecule has 0 N–H and O–H groups in total. The number of aryl methyl sites for hydroxylation is 1. The predicted octanol–water partition coefficient (Wildman–Crippen LogP) is 4.18. The summed E-state index contributed by atoms with van der Waals surface area (Å²) < 4.78 is 18.9. The van der Waals surface area contributed by atoms with Crippen LogP contribution in [0.3, 0.4) is 0 Å². The fourth-order valence-electron chi connectivity index (χ4n) is 4.09. The van der Waals surface area contributed by atoms with Crippen molar-refractivity contribution in [2.75, 3.05) is 19.6 Å². The van der Waals surface area contributed by atoms with Gasteiger partial charge in [0.05, 0.1) is 0 Å². The summed E-state index contributed by atoms with van der Waals surface area (Å²) in [6.45, 7) is 3.32. The zero-order valence-corrected chi connectivity index (χ0v) is 14.5. The minimum atomic E-state index is -0.217. The number of rotatable bonds is 5. The smallest absolute Gasteiger partial charge is 0.123 e. The predicted molar refractivity (Wildman–Crippen MR) is 96.4 cm³/mol. The molecule has 1 fully saturated rings. The summed E-state index contributed by atoms with van der Waals surface area (Å²) in [4.78, 5) is 7.06. The Morgan fingerprint density at radius 3 is 2.68 bits per heavy atom. The van der Waals surface area contributed by atoms with E-state index in [0.29, 0.717) is 5.92 Å². The molecule has 0 bridgehead atoms. The van der Waals surface area contributed by atoms with E-state index < -0.39 is 0 Å². The SMILES string of the molecule is Fc1ccc(OC2CCN(CCC3CCc4ncccc43)CC2)cc1. The lowest BCUT2D eigenvalue weighted by Crippen LogP contribution is -2.39. The zero-order chi connectivity index (χ0) is 17.1. The van der Waals surface area contributed by atoms with Crippen molar-refractivity contribution in [1.29, 1.82) is 0 Å². The first kappa shape index (κ1) is 16.5. The lowest BCUT2D eigenvalue weighted by molar-refractivity contribution is 0.0987. The first-order valence-electron chi connectivity index (χ1n) is 9.36. The molecule has 0 saturated carbocycles. The van der Waals surface area contributed by atoms with Gasteiger partial charge < -0.3 is 9.64 Å². The van der Waals surface area contributed by atoms with Gasteiger partial charge in [0, 0.05) is 25.0 Å². The minimum Gasteiger partial charge on any atom is -0.490 e. The largest absolute Gasteiger partial charge is 0.490 e. The number of benzene rings is 1. The fraction of sp³-hybridized carbons (Fsp3) is 0.476. The van der Waals surface area contributed by atoms with E-state index in [1.807, 2.05) is 6.20 Å². The highest BCUT2D eigenvalue weighted by atomic mass is 19.1. The monoisotopic (exact) mass is 340 g/mol. The molecule has 1 aliphatic carbocycles. The van der Waals surface area contributed by atoms with Gasteiger partial charge in [-0.15, -0.1) is 0 Å². The normalized spacial score (nSPS) is 21.2. The number of aromatic nitrogens is 1. The van der Waals surface area contributed by atoms with Crippen molar-refractivity contribution >= 4 is 0 Å². The molecule has 4 rings (SSSR count). The fourth-order valence-corrected chi connectivity index (χ4v) is 4.09. The van der Waals surface area contributed by atoms with E-state index in [1.54, 1.807) is 12.1 Å². The van der Waals surface area contributed by atoms with Crippen LogP contribution in [0.15, 0.2) is 42.6 Å². The second-order valence-electron chi connectivity index (χ2n) is 7.18. The van der Waals surface area contributed by atoms with Crippen molar-refractivity contribution in [2.45, 2.75) is 44.1 Å². The first-order chi connectivity index (χ1) is 12.3. The number of pyridine rings is 1. The Morgan fingerprint density at radius 1 is 1.08 bits per heavy atom. The molecule has 1 unspecified atom stereocenters. The maximum atomic E-state index is 13.0. The van der Waals surface area contributed by atoms with Crippen LogP contribution in [0.25, 0.3) is 0 Å². The van der Waals surface area contributed by atoms with Gasteiger partial charge in [-0.25, -0.2) is 4.39 Å². The van der Waals surface area contributed by atoms with Crippen molar-refractivity contribution in [3.8, 4) is 5.75 Å². The Kier molecular flexibility index (Phi) is 4.97. The van der Waals surface area contributed by atoms with Gasteiger partial charge in [0.25, 0.3) is 0 Å². The highest BCUT2D eigenvalue weighted by Gasteiger charge is 2.25. The second kappa shape index (κ2) is 7.52. The summed E-state index contributed by atoms with van der Waals surface area (Å²) in [7, 11) is 0. The standard InChI is InChI=1S/C21H25FN2O/c22-17-4-6-18(7-5-17)25-19-10-14-24(15-11-19)13-9-16-3-8-21-20(16)2-1-12-23-21/h1-2,4-7,12,16,19H,3,8-11,13-15H2. The number of nitrogens with zero attached hydrogens (tertiary/aromatic N) is 2. The van der Waals surface area contributed by atoms with Gasteiger partial charge in [-0.05, 0) is 80.5 Å². The van der Waals surface area contributed by atoms with Crippen molar-refractivity contribution in [3.05, 3.63) is 59.7 Å². The molecular formula is C21H25FN2O. The Hall–Kier alpha value is -1.94. The molecule has 1 atom stereocenters. The molecule has 0 radical (unpaired) electrons. The third-order valence-electron chi connectivity index (χ3n) is 5.54. The number of ether oxygens (including phenoxy) is 1. The number of fused-ring (bicyclic) bond motifs is 1. The Labute approximate surface area is 148 Å². The minimum absolute atomic E-state index is 0.217. The summed E-state index contributed by atoms with van der Waals surface area (Å²) in [5.74, 6) is 1.23. The quantitative estimate of drug-likeness (QED) is 0.816. The van der Waals surface area contributed by atoms with Gasteiger partial charge in [0.2, 0.25) is 0 Å². The van der Waals surface area contributed by atoms with Crippen LogP contribution in [0.1, 0.15) is 42.9 Å². The molecular weight excluding hydrogens is 315 g/mol. The van der Waals surface area contributed by atoms with Crippen LogP contribution in [-0.2, 0) is 6.42 Å². The van der Waals surface area contributed by atoms with E-state index in [0.717, 1.165) is 44.6 Å². The Balaban J connectivity index is 1.22. The average Bonchev–Trinajstić information content (AvgIpc) is 3.06. The van der Waals surface area contributed by atoms with Crippen LogP contribution in [0.4, 0.5) is 4.39 Å². The summed E-state index contributed by atoms with van der Waals surface area (Å²) in [6.07, 6.45) is 7.85. The molecule has 0 amide bonds. The Bertz CT molecular complexity index is 695. The van der Waals surface area contributed by atoms with E-state index in [2.05, 4.69) is 22.0 Å². The lowest BCUT2D eigenvalue weighted by Gasteiger charge is -2.32. The van der Waals surface area contributed by atoms with Crippen molar-refractivity contribution < 1.29 is 9.13 Å². The zero-order valence-electron chi connectivity index (χ0n) is 14.5. The highest BCUT2D eigenvalue weighted by Crippen LogP contribution is 2.34. The maximum absolute atomic E-state index is 13.0. The molecule has 4 heteroatoms. The third kappa shape index (κ3) is 4.01. The van der Waals surface area contributed by atoms with Gasteiger partial charge in [-0.2, -0.15) is 0 Å². The molecule has 2 aromatic rings. The first-order valence-corrected chi connectivity index (χ1v) is 9.36. The van der Waals surface area contributed by atoms with Gasteiger partial charge in [0.15, 0.2) is 0 Å². The summed E-state index contributed by atoms with van der Waals surface area (Å²) >= 11 is 0. The van der Waals surface area contributed by atoms with E-state index in [4.69, 9.17) is 4.74 Å². The van der Waals surface area contributed by atoms with Crippen LogP contribution >= 0.6 is 0 Å². The number of likely N-dealkylation sites (tertiary alicyclic amines) is 1. The molecule has 132 valence electrons. The van der Waals surface area contributed by atoms with Crippen molar-refractivity contribution in [2.24, 2.45) is 0 Å². The number of halogens is 1. The number of hydrogen-bond donors (Lipinski definition) is 0. The molecule has 0 spiro atoms. The second-order valence-corrected chi connectivity index (χ2v) is 7.18. The van der Waals surface area contributed by atoms with Crippen LogP contribution in [0, 0.1) is 5.82 Å². The molecule has 1 aromatic heterocycles. The van der Waals surface area contributed by atoms with Crippen LogP contribution < -0.4 is 4.74 Å².